The maximum atomic E-state index is 5.24. The monoisotopic (exact) mass is 357 g/mol. The lowest BCUT2D eigenvalue weighted by atomic mass is 9.98. The third-order valence-electron chi connectivity index (χ3n) is 4.71. The van der Waals surface area contributed by atoms with Crippen molar-refractivity contribution in [2.75, 3.05) is 33.8 Å². The van der Waals surface area contributed by atoms with Gasteiger partial charge < -0.3 is 19.5 Å². The molecule has 0 amide bonds. The van der Waals surface area contributed by atoms with Gasteiger partial charge in [-0.1, -0.05) is 17.3 Å². The summed E-state index contributed by atoms with van der Waals surface area (Å²) in [6, 6.07) is 8.39. The molecule has 0 saturated carbocycles. The van der Waals surface area contributed by atoms with Gasteiger partial charge in [-0.3, -0.25) is 4.99 Å². The Kier molecular flexibility index (Phi) is 6.09. The summed E-state index contributed by atoms with van der Waals surface area (Å²) in [5, 5.41) is 7.26. The molecule has 1 N–H and O–H groups in total. The van der Waals surface area contributed by atoms with Gasteiger partial charge in [0.2, 0.25) is 5.89 Å². The summed E-state index contributed by atoms with van der Waals surface area (Å²) in [5.74, 6) is 3.77. The van der Waals surface area contributed by atoms with Crippen LogP contribution in [0.1, 0.15) is 36.0 Å². The average molecular weight is 357 g/mol. The Balaban J connectivity index is 1.46. The first-order valence-electron chi connectivity index (χ1n) is 9.08. The van der Waals surface area contributed by atoms with Crippen molar-refractivity contribution in [1.82, 2.24) is 20.4 Å². The molecule has 3 rings (SSSR count). The summed E-state index contributed by atoms with van der Waals surface area (Å²) >= 11 is 0. The van der Waals surface area contributed by atoms with E-state index in [1.54, 1.807) is 7.11 Å². The fraction of sp³-hybridized carbons (Fsp3) is 0.526. The zero-order valence-electron chi connectivity index (χ0n) is 15.7. The largest absolute Gasteiger partial charge is 0.497 e. The Morgan fingerprint density at radius 3 is 2.85 bits per heavy atom. The molecule has 1 aromatic carbocycles. The second-order valence-corrected chi connectivity index (χ2v) is 6.52. The molecule has 1 aliphatic heterocycles. The van der Waals surface area contributed by atoms with Crippen LogP contribution in [0.4, 0.5) is 0 Å². The number of hydrogen-bond donors (Lipinski definition) is 1. The Morgan fingerprint density at radius 1 is 1.38 bits per heavy atom. The van der Waals surface area contributed by atoms with Crippen molar-refractivity contribution < 1.29 is 9.26 Å². The van der Waals surface area contributed by atoms with Gasteiger partial charge in [0.1, 0.15) is 5.75 Å². The van der Waals surface area contributed by atoms with Gasteiger partial charge in [-0.25, -0.2) is 0 Å². The van der Waals surface area contributed by atoms with Crippen LogP contribution in [0.5, 0.6) is 5.75 Å². The lowest BCUT2D eigenvalue weighted by Gasteiger charge is -2.21. The molecule has 0 bridgehead atoms. The molecule has 2 aromatic rings. The molecule has 1 unspecified atom stereocenters. The fourth-order valence-corrected chi connectivity index (χ4v) is 3.31. The highest BCUT2D eigenvalue weighted by Gasteiger charge is 2.25. The summed E-state index contributed by atoms with van der Waals surface area (Å²) in [6.45, 7) is 4.66. The summed E-state index contributed by atoms with van der Waals surface area (Å²) < 4.78 is 10.4. The number of methoxy groups -OCH3 is 1. The molecule has 1 atom stereocenters. The minimum atomic E-state index is 0.529. The second kappa shape index (κ2) is 8.69. The number of aliphatic imine (C=N–C) groups is 1. The van der Waals surface area contributed by atoms with Crippen molar-refractivity contribution in [2.45, 2.75) is 32.1 Å². The van der Waals surface area contributed by atoms with E-state index in [4.69, 9.17) is 9.26 Å². The van der Waals surface area contributed by atoms with E-state index >= 15 is 0 Å². The smallest absolute Gasteiger partial charge is 0.226 e. The van der Waals surface area contributed by atoms with Crippen LogP contribution in [-0.4, -0.2) is 54.8 Å². The number of aryl methyl sites for hydroxylation is 2. The van der Waals surface area contributed by atoms with Gasteiger partial charge in [-0.15, -0.1) is 0 Å². The molecule has 2 heterocycles. The average Bonchev–Trinajstić information content (AvgIpc) is 3.31. The van der Waals surface area contributed by atoms with E-state index in [0.29, 0.717) is 17.6 Å². The van der Waals surface area contributed by atoms with Crippen molar-refractivity contribution >= 4 is 5.96 Å². The predicted molar refractivity (Wildman–Crippen MR) is 101 cm³/mol. The van der Waals surface area contributed by atoms with E-state index < -0.39 is 0 Å². The summed E-state index contributed by atoms with van der Waals surface area (Å²) in [4.78, 5) is 11.0. The van der Waals surface area contributed by atoms with Crippen molar-refractivity contribution in [2.24, 2.45) is 4.99 Å². The highest BCUT2D eigenvalue weighted by atomic mass is 16.5. The van der Waals surface area contributed by atoms with E-state index in [1.807, 2.05) is 26.1 Å². The molecule has 1 aromatic heterocycles. The highest BCUT2D eigenvalue weighted by Crippen LogP contribution is 2.28. The van der Waals surface area contributed by atoms with Gasteiger partial charge in [-0.05, 0) is 37.5 Å². The molecule has 7 heteroatoms. The third kappa shape index (κ3) is 4.53. The quantitative estimate of drug-likeness (QED) is 0.486. The number of hydrogen-bond acceptors (Lipinski definition) is 5. The van der Waals surface area contributed by atoms with Crippen LogP contribution in [0.3, 0.4) is 0 Å². The summed E-state index contributed by atoms with van der Waals surface area (Å²) in [7, 11) is 3.53. The van der Waals surface area contributed by atoms with Gasteiger partial charge >= 0.3 is 0 Å². The van der Waals surface area contributed by atoms with E-state index in [-0.39, 0.29) is 0 Å². The first-order valence-corrected chi connectivity index (χ1v) is 9.08. The zero-order chi connectivity index (χ0) is 18.4. The van der Waals surface area contributed by atoms with Crippen LogP contribution < -0.4 is 10.1 Å². The number of aromatic nitrogens is 2. The number of rotatable bonds is 6. The summed E-state index contributed by atoms with van der Waals surface area (Å²) in [6.07, 6.45) is 2.84. The molecular formula is C19H27N5O2. The van der Waals surface area contributed by atoms with Crippen LogP contribution in [0, 0.1) is 6.92 Å². The Labute approximate surface area is 154 Å². The fourth-order valence-electron chi connectivity index (χ4n) is 3.31. The van der Waals surface area contributed by atoms with Crippen LogP contribution in [-0.2, 0) is 6.42 Å². The van der Waals surface area contributed by atoms with Gasteiger partial charge in [0.15, 0.2) is 11.8 Å². The van der Waals surface area contributed by atoms with Gasteiger partial charge in [0, 0.05) is 39.0 Å². The first kappa shape index (κ1) is 18.2. The predicted octanol–water partition coefficient (Wildman–Crippen LogP) is 2.38. The van der Waals surface area contributed by atoms with E-state index in [0.717, 1.165) is 50.6 Å². The maximum absolute atomic E-state index is 5.24. The van der Waals surface area contributed by atoms with Gasteiger partial charge in [-0.2, -0.15) is 4.98 Å². The van der Waals surface area contributed by atoms with Crippen molar-refractivity contribution in [3.8, 4) is 5.75 Å². The van der Waals surface area contributed by atoms with Crippen molar-refractivity contribution in [3.63, 3.8) is 0 Å². The van der Waals surface area contributed by atoms with E-state index in [2.05, 4.69) is 37.5 Å². The van der Waals surface area contributed by atoms with E-state index in [9.17, 15) is 0 Å². The Morgan fingerprint density at radius 2 is 2.19 bits per heavy atom. The lowest BCUT2D eigenvalue weighted by Crippen LogP contribution is -2.40. The van der Waals surface area contributed by atoms with Gasteiger partial charge in [0.05, 0.1) is 7.11 Å². The minimum absolute atomic E-state index is 0.529. The SMILES string of the molecule is CN=C(NCCCc1nc(C)no1)N1CCC(c2ccc(OC)cc2)C1. The standard InChI is InChI=1S/C19H27N5O2/c1-14-22-18(26-23-14)5-4-11-21-19(20-2)24-12-10-16(13-24)15-6-8-17(25-3)9-7-15/h6-9,16H,4-5,10-13H2,1-3H3,(H,20,21). The molecule has 1 aliphatic rings. The molecule has 1 saturated heterocycles. The minimum Gasteiger partial charge on any atom is -0.497 e. The first-order chi connectivity index (χ1) is 12.7. The van der Waals surface area contributed by atoms with Crippen LogP contribution in [0.2, 0.25) is 0 Å². The van der Waals surface area contributed by atoms with Crippen LogP contribution in [0.25, 0.3) is 0 Å². The van der Waals surface area contributed by atoms with Crippen molar-refractivity contribution in [3.05, 3.63) is 41.5 Å². The molecule has 0 radical (unpaired) electrons. The molecule has 0 aliphatic carbocycles. The number of likely N-dealkylation sites (tertiary alicyclic amines) is 1. The topological polar surface area (TPSA) is 75.8 Å². The normalized spacial score (nSPS) is 17.6. The molecule has 7 nitrogen and oxygen atoms in total. The number of nitrogens with one attached hydrogen (secondary N) is 1. The molecule has 1 fully saturated rings. The number of benzene rings is 1. The zero-order valence-corrected chi connectivity index (χ0v) is 15.7. The second-order valence-electron chi connectivity index (χ2n) is 6.52. The van der Waals surface area contributed by atoms with Gasteiger partial charge in [0.25, 0.3) is 0 Å². The molecule has 0 spiro atoms. The van der Waals surface area contributed by atoms with Crippen molar-refractivity contribution in [1.29, 1.82) is 0 Å². The lowest BCUT2D eigenvalue weighted by molar-refractivity contribution is 0.371. The summed E-state index contributed by atoms with van der Waals surface area (Å²) in [5.41, 5.74) is 1.36. The third-order valence-corrected chi connectivity index (χ3v) is 4.71. The molecule has 26 heavy (non-hydrogen) atoms. The Hall–Kier alpha value is -2.57. The highest BCUT2D eigenvalue weighted by molar-refractivity contribution is 5.80. The maximum Gasteiger partial charge on any atom is 0.226 e. The number of nitrogens with zero attached hydrogens (tertiary/aromatic N) is 4. The molecular weight excluding hydrogens is 330 g/mol. The van der Waals surface area contributed by atoms with Crippen LogP contribution in [0.15, 0.2) is 33.8 Å². The number of guanidine groups is 1. The number of ether oxygens (including phenoxy) is 1. The molecule has 140 valence electrons. The van der Waals surface area contributed by atoms with E-state index in [1.165, 1.54) is 5.56 Å². The van der Waals surface area contributed by atoms with Crippen LogP contribution >= 0.6 is 0 Å². The Bertz CT molecular complexity index is 726.